The summed E-state index contributed by atoms with van der Waals surface area (Å²) in [5.41, 5.74) is -0.484. The van der Waals surface area contributed by atoms with Gasteiger partial charge in [0.25, 0.3) is 0 Å². The van der Waals surface area contributed by atoms with E-state index in [1.807, 2.05) is 6.92 Å². The van der Waals surface area contributed by atoms with Gasteiger partial charge in [0.1, 0.15) is 0 Å². The van der Waals surface area contributed by atoms with Crippen molar-refractivity contribution < 1.29 is 5.11 Å². The standard InChI is InChI=1S/C11H23NO/c1-4-9(2)11(3,13)10-6-5-7-12-8-10/h9-10,12-13H,4-8H2,1-3H3. The fourth-order valence-electron chi connectivity index (χ4n) is 2.17. The molecule has 78 valence electrons. The Labute approximate surface area is 81.7 Å². The Morgan fingerprint density at radius 2 is 2.31 bits per heavy atom. The Balaban J connectivity index is 2.55. The molecule has 1 rings (SSSR count). The molecule has 1 saturated heterocycles. The summed E-state index contributed by atoms with van der Waals surface area (Å²) in [4.78, 5) is 0. The lowest BCUT2D eigenvalue weighted by atomic mass is 9.75. The molecule has 0 aromatic heterocycles. The van der Waals surface area contributed by atoms with E-state index in [4.69, 9.17) is 0 Å². The fraction of sp³-hybridized carbons (Fsp3) is 1.00. The summed E-state index contributed by atoms with van der Waals surface area (Å²) in [6.45, 7) is 8.40. The summed E-state index contributed by atoms with van der Waals surface area (Å²) in [7, 11) is 0. The zero-order valence-electron chi connectivity index (χ0n) is 9.14. The molecule has 2 heteroatoms. The maximum atomic E-state index is 10.4. The molecule has 1 fully saturated rings. The Bertz CT molecular complexity index is 150. The van der Waals surface area contributed by atoms with E-state index in [9.17, 15) is 5.11 Å². The van der Waals surface area contributed by atoms with Gasteiger partial charge in [0.2, 0.25) is 0 Å². The van der Waals surface area contributed by atoms with E-state index in [-0.39, 0.29) is 0 Å². The van der Waals surface area contributed by atoms with Crippen molar-refractivity contribution in [3.05, 3.63) is 0 Å². The zero-order valence-corrected chi connectivity index (χ0v) is 9.14. The number of piperidine rings is 1. The molecule has 0 bridgehead atoms. The molecular formula is C11H23NO. The van der Waals surface area contributed by atoms with Gasteiger partial charge in [-0.05, 0) is 32.2 Å². The Hall–Kier alpha value is -0.0800. The Morgan fingerprint density at radius 1 is 1.62 bits per heavy atom. The molecule has 3 unspecified atom stereocenters. The van der Waals surface area contributed by atoms with Crippen molar-refractivity contribution >= 4 is 0 Å². The van der Waals surface area contributed by atoms with Gasteiger partial charge in [0.05, 0.1) is 5.60 Å². The van der Waals surface area contributed by atoms with Crippen LogP contribution in [0.1, 0.15) is 40.0 Å². The highest BCUT2D eigenvalue weighted by Gasteiger charge is 2.36. The van der Waals surface area contributed by atoms with Crippen molar-refractivity contribution in [2.24, 2.45) is 11.8 Å². The third-order valence-electron chi connectivity index (χ3n) is 3.73. The average Bonchev–Trinajstić information content (AvgIpc) is 2.18. The van der Waals surface area contributed by atoms with Gasteiger partial charge in [-0.25, -0.2) is 0 Å². The summed E-state index contributed by atoms with van der Waals surface area (Å²) >= 11 is 0. The minimum Gasteiger partial charge on any atom is -0.390 e. The summed E-state index contributed by atoms with van der Waals surface area (Å²) < 4.78 is 0. The van der Waals surface area contributed by atoms with Crippen LogP contribution in [0.2, 0.25) is 0 Å². The molecule has 0 aromatic carbocycles. The van der Waals surface area contributed by atoms with Crippen LogP contribution in [-0.4, -0.2) is 23.8 Å². The van der Waals surface area contributed by atoms with E-state index in [1.54, 1.807) is 0 Å². The molecule has 0 saturated carbocycles. The van der Waals surface area contributed by atoms with Crippen LogP contribution >= 0.6 is 0 Å². The highest BCUT2D eigenvalue weighted by molar-refractivity contribution is 4.89. The van der Waals surface area contributed by atoms with Crippen LogP contribution in [0, 0.1) is 11.8 Å². The first-order valence-electron chi connectivity index (χ1n) is 5.52. The second-order valence-corrected chi connectivity index (χ2v) is 4.58. The fourth-order valence-corrected chi connectivity index (χ4v) is 2.17. The van der Waals surface area contributed by atoms with Crippen LogP contribution < -0.4 is 5.32 Å². The molecule has 3 atom stereocenters. The van der Waals surface area contributed by atoms with E-state index < -0.39 is 5.60 Å². The predicted molar refractivity (Wildman–Crippen MR) is 55.7 cm³/mol. The maximum Gasteiger partial charge on any atom is 0.0685 e. The predicted octanol–water partition coefficient (Wildman–Crippen LogP) is 1.78. The van der Waals surface area contributed by atoms with E-state index >= 15 is 0 Å². The molecule has 2 N–H and O–H groups in total. The first-order valence-corrected chi connectivity index (χ1v) is 5.52. The number of aliphatic hydroxyl groups is 1. The highest BCUT2D eigenvalue weighted by Crippen LogP contribution is 2.32. The van der Waals surface area contributed by atoms with Crippen LogP contribution in [-0.2, 0) is 0 Å². The Morgan fingerprint density at radius 3 is 2.77 bits per heavy atom. The third-order valence-corrected chi connectivity index (χ3v) is 3.73. The van der Waals surface area contributed by atoms with Crippen LogP contribution in [0.4, 0.5) is 0 Å². The van der Waals surface area contributed by atoms with Crippen molar-refractivity contribution in [3.8, 4) is 0 Å². The average molecular weight is 185 g/mol. The normalized spacial score (nSPS) is 30.9. The first-order chi connectivity index (χ1) is 6.09. The van der Waals surface area contributed by atoms with E-state index in [0.29, 0.717) is 11.8 Å². The summed E-state index contributed by atoms with van der Waals surface area (Å²) in [5.74, 6) is 0.841. The van der Waals surface area contributed by atoms with Crippen LogP contribution in [0.15, 0.2) is 0 Å². The lowest BCUT2D eigenvalue weighted by molar-refractivity contribution is -0.0562. The van der Waals surface area contributed by atoms with Crippen molar-refractivity contribution in [1.82, 2.24) is 5.32 Å². The second kappa shape index (κ2) is 4.43. The van der Waals surface area contributed by atoms with Crippen molar-refractivity contribution in [1.29, 1.82) is 0 Å². The zero-order chi connectivity index (χ0) is 9.90. The largest absolute Gasteiger partial charge is 0.390 e. The van der Waals surface area contributed by atoms with Crippen LogP contribution in [0.3, 0.4) is 0 Å². The quantitative estimate of drug-likeness (QED) is 0.702. The van der Waals surface area contributed by atoms with Gasteiger partial charge < -0.3 is 10.4 Å². The van der Waals surface area contributed by atoms with Gasteiger partial charge in [-0.2, -0.15) is 0 Å². The topological polar surface area (TPSA) is 32.3 Å². The minimum atomic E-state index is -0.484. The SMILES string of the molecule is CCC(C)C(C)(O)C1CCCNC1. The molecule has 0 spiro atoms. The van der Waals surface area contributed by atoms with Gasteiger partial charge in [0, 0.05) is 12.5 Å². The Kier molecular flexibility index (Phi) is 3.74. The molecular weight excluding hydrogens is 162 g/mol. The maximum absolute atomic E-state index is 10.4. The smallest absolute Gasteiger partial charge is 0.0685 e. The van der Waals surface area contributed by atoms with Gasteiger partial charge in [-0.3, -0.25) is 0 Å². The monoisotopic (exact) mass is 185 g/mol. The van der Waals surface area contributed by atoms with Gasteiger partial charge in [-0.1, -0.05) is 20.3 Å². The molecule has 1 aliphatic rings. The van der Waals surface area contributed by atoms with E-state index in [0.717, 1.165) is 19.5 Å². The lowest BCUT2D eigenvalue weighted by Crippen LogP contribution is -2.48. The number of rotatable bonds is 3. The van der Waals surface area contributed by atoms with Crippen LogP contribution in [0.5, 0.6) is 0 Å². The lowest BCUT2D eigenvalue weighted by Gasteiger charge is -2.40. The minimum absolute atomic E-state index is 0.400. The number of hydrogen-bond donors (Lipinski definition) is 2. The van der Waals surface area contributed by atoms with Gasteiger partial charge >= 0.3 is 0 Å². The van der Waals surface area contributed by atoms with Crippen molar-refractivity contribution in [2.75, 3.05) is 13.1 Å². The molecule has 2 nitrogen and oxygen atoms in total. The molecule has 1 heterocycles. The molecule has 0 aromatic rings. The molecule has 0 amide bonds. The first kappa shape index (κ1) is 11.0. The number of nitrogens with one attached hydrogen (secondary N) is 1. The summed E-state index contributed by atoms with van der Waals surface area (Å²) in [6, 6.07) is 0. The molecule has 0 radical (unpaired) electrons. The summed E-state index contributed by atoms with van der Waals surface area (Å²) in [6.07, 6.45) is 3.44. The molecule has 13 heavy (non-hydrogen) atoms. The van der Waals surface area contributed by atoms with Crippen molar-refractivity contribution in [3.63, 3.8) is 0 Å². The van der Waals surface area contributed by atoms with Gasteiger partial charge in [0.15, 0.2) is 0 Å². The third kappa shape index (κ3) is 2.44. The van der Waals surface area contributed by atoms with Crippen molar-refractivity contribution in [2.45, 2.75) is 45.6 Å². The van der Waals surface area contributed by atoms with Crippen LogP contribution in [0.25, 0.3) is 0 Å². The highest BCUT2D eigenvalue weighted by atomic mass is 16.3. The number of hydrogen-bond acceptors (Lipinski definition) is 2. The van der Waals surface area contributed by atoms with Gasteiger partial charge in [-0.15, -0.1) is 0 Å². The van der Waals surface area contributed by atoms with E-state index in [2.05, 4.69) is 19.2 Å². The second-order valence-electron chi connectivity index (χ2n) is 4.58. The summed E-state index contributed by atoms with van der Waals surface area (Å²) in [5, 5.41) is 13.7. The molecule has 1 aliphatic heterocycles. The van der Waals surface area contributed by atoms with E-state index in [1.165, 1.54) is 12.8 Å². The molecule has 0 aliphatic carbocycles.